The number of amides is 2. The van der Waals surface area contributed by atoms with Crippen molar-refractivity contribution in [3.63, 3.8) is 0 Å². The van der Waals surface area contributed by atoms with E-state index in [9.17, 15) is 18.4 Å². The number of aryl methyl sites for hydroxylation is 1. The number of anilines is 3. The second-order valence-electron chi connectivity index (χ2n) is 7.39. The molecule has 0 unspecified atom stereocenters. The Morgan fingerprint density at radius 1 is 1.09 bits per heavy atom. The van der Waals surface area contributed by atoms with E-state index in [0.717, 1.165) is 11.5 Å². The molecule has 7 nitrogen and oxygen atoms in total. The first kappa shape index (κ1) is 23.4. The average Bonchev–Trinajstić information content (AvgIpc) is 2.80. The summed E-state index contributed by atoms with van der Waals surface area (Å²) in [6, 6.07) is 10.6. The number of pyridine rings is 2. The SMILES string of the molecule is CCn1c(=O)c(-c2cc(NC(=O)Nc3cccc(F)c3)c(F)cc2Br)cc2cnc(NC)cc21. The van der Waals surface area contributed by atoms with E-state index in [2.05, 4.69) is 36.9 Å². The Hall–Kier alpha value is -3.79. The van der Waals surface area contributed by atoms with Crippen molar-refractivity contribution >= 4 is 50.1 Å². The van der Waals surface area contributed by atoms with Gasteiger partial charge in [-0.25, -0.2) is 18.6 Å². The first-order valence-corrected chi connectivity index (χ1v) is 11.1. The van der Waals surface area contributed by atoms with Gasteiger partial charge in [0.15, 0.2) is 0 Å². The molecule has 2 aromatic heterocycles. The van der Waals surface area contributed by atoms with Gasteiger partial charge in [-0.15, -0.1) is 0 Å². The molecule has 174 valence electrons. The largest absolute Gasteiger partial charge is 0.373 e. The van der Waals surface area contributed by atoms with E-state index in [1.165, 1.54) is 30.3 Å². The van der Waals surface area contributed by atoms with Gasteiger partial charge in [0.1, 0.15) is 17.5 Å². The van der Waals surface area contributed by atoms with Gasteiger partial charge < -0.3 is 20.5 Å². The zero-order valence-electron chi connectivity index (χ0n) is 18.2. The van der Waals surface area contributed by atoms with Crippen LogP contribution in [0.4, 0.5) is 30.8 Å². The van der Waals surface area contributed by atoms with Crippen LogP contribution in [0, 0.1) is 11.6 Å². The normalized spacial score (nSPS) is 10.9. The Morgan fingerprint density at radius 3 is 2.59 bits per heavy atom. The van der Waals surface area contributed by atoms with Crippen LogP contribution in [0.25, 0.3) is 22.0 Å². The molecular formula is C24H20BrF2N5O2. The molecule has 0 aliphatic heterocycles. The average molecular weight is 528 g/mol. The number of fused-ring (bicyclic) bond motifs is 1. The summed E-state index contributed by atoms with van der Waals surface area (Å²) >= 11 is 3.33. The molecule has 0 fully saturated rings. The van der Waals surface area contributed by atoms with Gasteiger partial charge in [-0.3, -0.25) is 4.79 Å². The lowest BCUT2D eigenvalue weighted by Gasteiger charge is -2.15. The van der Waals surface area contributed by atoms with Crippen molar-refractivity contribution in [2.45, 2.75) is 13.5 Å². The number of hydrogen-bond donors (Lipinski definition) is 3. The number of nitrogens with one attached hydrogen (secondary N) is 3. The first-order chi connectivity index (χ1) is 16.3. The van der Waals surface area contributed by atoms with E-state index in [1.54, 1.807) is 29.9 Å². The number of nitrogens with zero attached hydrogens (tertiary/aromatic N) is 2. The van der Waals surface area contributed by atoms with Gasteiger partial charge >= 0.3 is 6.03 Å². The van der Waals surface area contributed by atoms with E-state index in [0.29, 0.717) is 33.5 Å². The molecule has 0 aliphatic carbocycles. The highest BCUT2D eigenvalue weighted by Gasteiger charge is 2.17. The maximum absolute atomic E-state index is 14.7. The highest BCUT2D eigenvalue weighted by Crippen LogP contribution is 2.33. The standard InChI is InChI=1S/C24H20BrF2N5O2/c1-3-32-21-11-22(28-2)29-12-13(21)7-17(23(32)33)16-9-20(19(27)10-18(16)25)31-24(34)30-15-6-4-5-14(26)8-15/h4-12H,3H2,1-2H3,(H,28,29)(H2,30,31,34). The minimum Gasteiger partial charge on any atom is -0.373 e. The van der Waals surface area contributed by atoms with Crippen LogP contribution >= 0.6 is 15.9 Å². The van der Waals surface area contributed by atoms with Gasteiger partial charge in [0.2, 0.25) is 0 Å². The summed E-state index contributed by atoms with van der Waals surface area (Å²) in [6.07, 6.45) is 1.65. The Labute approximate surface area is 202 Å². The molecule has 2 amide bonds. The smallest absolute Gasteiger partial charge is 0.323 e. The molecule has 34 heavy (non-hydrogen) atoms. The monoisotopic (exact) mass is 527 g/mol. The number of carbonyl (C=O) groups is 1. The number of carbonyl (C=O) groups excluding carboxylic acids is 1. The molecule has 0 saturated carbocycles. The molecule has 0 saturated heterocycles. The fourth-order valence-electron chi connectivity index (χ4n) is 3.62. The lowest BCUT2D eigenvalue weighted by molar-refractivity contribution is 0.262. The molecular weight excluding hydrogens is 508 g/mol. The highest BCUT2D eigenvalue weighted by molar-refractivity contribution is 9.10. The van der Waals surface area contributed by atoms with Crippen LogP contribution in [-0.4, -0.2) is 22.6 Å². The van der Waals surface area contributed by atoms with E-state index >= 15 is 0 Å². The second kappa shape index (κ2) is 9.60. The predicted octanol–water partition coefficient (Wildman–Crippen LogP) is 5.81. The molecule has 2 aromatic carbocycles. The van der Waals surface area contributed by atoms with Crippen molar-refractivity contribution in [2.24, 2.45) is 0 Å². The Kier molecular flexibility index (Phi) is 6.60. The van der Waals surface area contributed by atoms with Gasteiger partial charge in [0.25, 0.3) is 5.56 Å². The number of halogens is 3. The van der Waals surface area contributed by atoms with E-state index in [4.69, 9.17) is 0 Å². The number of hydrogen-bond acceptors (Lipinski definition) is 4. The summed E-state index contributed by atoms with van der Waals surface area (Å²) in [5.41, 5.74) is 1.22. The molecule has 0 bridgehead atoms. The fourth-order valence-corrected chi connectivity index (χ4v) is 4.15. The topological polar surface area (TPSA) is 88.1 Å². The summed E-state index contributed by atoms with van der Waals surface area (Å²) in [6.45, 7) is 2.27. The van der Waals surface area contributed by atoms with Crippen LogP contribution in [0.1, 0.15) is 6.92 Å². The molecule has 3 N–H and O–H groups in total. The van der Waals surface area contributed by atoms with Crippen LogP contribution in [0.5, 0.6) is 0 Å². The van der Waals surface area contributed by atoms with Gasteiger partial charge in [-0.2, -0.15) is 0 Å². The molecule has 2 heterocycles. The third kappa shape index (κ3) is 4.62. The summed E-state index contributed by atoms with van der Waals surface area (Å²) in [5, 5.41) is 8.55. The Morgan fingerprint density at radius 2 is 1.88 bits per heavy atom. The van der Waals surface area contributed by atoms with Crippen molar-refractivity contribution in [3.05, 3.63) is 81.2 Å². The second-order valence-corrected chi connectivity index (χ2v) is 8.24. The van der Waals surface area contributed by atoms with Crippen LogP contribution in [0.3, 0.4) is 0 Å². The summed E-state index contributed by atoms with van der Waals surface area (Å²) in [4.78, 5) is 30.0. The molecule has 4 aromatic rings. The van der Waals surface area contributed by atoms with Crippen molar-refractivity contribution < 1.29 is 13.6 Å². The van der Waals surface area contributed by atoms with Crippen molar-refractivity contribution in [2.75, 3.05) is 23.0 Å². The zero-order valence-corrected chi connectivity index (χ0v) is 19.8. The maximum Gasteiger partial charge on any atom is 0.323 e. The predicted molar refractivity (Wildman–Crippen MR) is 133 cm³/mol. The van der Waals surface area contributed by atoms with Crippen molar-refractivity contribution in [3.8, 4) is 11.1 Å². The highest BCUT2D eigenvalue weighted by atomic mass is 79.9. The molecule has 0 atom stereocenters. The third-order valence-electron chi connectivity index (χ3n) is 5.23. The van der Waals surface area contributed by atoms with E-state index < -0.39 is 17.7 Å². The van der Waals surface area contributed by atoms with Gasteiger partial charge in [-0.05, 0) is 43.3 Å². The van der Waals surface area contributed by atoms with Gasteiger partial charge in [0.05, 0.1) is 11.2 Å². The minimum absolute atomic E-state index is 0.140. The summed E-state index contributed by atoms with van der Waals surface area (Å²) in [7, 11) is 1.74. The molecule has 0 radical (unpaired) electrons. The van der Waals surface area contributed by atoms with Crippen molar-refractivity contribution in [1.29, 1.82) is 0 Å². The quantitative estimate of drug-likeness (QED) is 0.305. The van der Waals surface area contributed by atoms with Crippen LogP contribution < -0.4 is 21.5 Å². The fraction of sp³-hybridized carbons (Fsp3) is 0.125. The zero-order chi connectivity index (χ0) is 24.4. The van der Waals surface area contributed by atoms with E-state index in [1.807, 2.05) is 6.92 Å². The van der Waals surface area contributed by atoms with Crippen LogP contribution in [0.2, 0.25) is 0 Å². The molecule has 4 rings (SSSR count). The Bertz CT molecular complexity index is 1470. The van der Waals surface area contributed by atoms with Gasteiger partial charge in [-0.1, -0.05) is 22.0 Å². The Balaban J connectivity index is 1.75. The summed E-state index contributed by atoms with van der Waals surface area (Å²) in [5.74, 6) is -0.600. The summed E-state index contributed by atoms with van der Waals surface area (Å²) < 4.78 is 30.0. The lowest BCUT2D eigenvalue weighted by Crippen LogP contribution is -2.22. The molecule has 0 aliphatic rings. The third-order valence-corrected chi connectivity index (χ3v) is 5.88. The van der Waals surface area contributed by atoms with Crippen LogP contribution in [0.15, 0.2) is 64.0 Å². The lowest BCUT2D eigenvalue weighted by atomic mass is 10.0. The number of urea groups is 1. The van der Waals surface area contributed by atoms with Crippen molar-refractivity contribution in [1.82, 2.24) is 9.55 Å². The first-order valence-electron chi connectivity index (χ1n) is 10.3. The molecule has 0 spiro atoms. The maximum atomic E-state index is 14.7. The molecule has 10 heteroatoms. The number of benzene rings is 2. The minimum atomic E-state index is -0.758. The number of rotatable bonds is 5. The number of aromatic nitrogens is 2. The van der Waals surface area contributed by atoms with E-state index in [-0.39, 0.29) is 16.9 Å². The van der Waals surface area contributed by atoms with Gasteiger partial charge in [0, 0.05) is 52.5 Å². The van der Waals surface area contributed by atoms with Crippen LogP contribution in [-0.2, 0) is 6.54 Å².